The van der Waals surface area contributed by atoms with E-state index in [4.69, 9.17) is 9.15 Å². The Morgan fingerprint density at radius 3 is 3.25 bits per heavy atom. The maximum Gasteiger partial charge on any atom is 0.322 e. The zero-order valence-electron chi connectivity index (χ0n) is 12.7. The highest BCUT2D eigenvalue weighted by Gasteiger charge is 2.24. The average molecular weight is 345 g/mol. The second-order valence-electron chi connectivity index (χ2n) is 5.32. The molecule has 4 rings (SSSR count). The lowest BCUT2D eigenvalue weighted by Crippen LogP contribution is -2.14. The fraction of sp³-hybridized carbons (Fsp3) is 0.333. The number of nitrogens with zero attached hydrogens (tertiary/aromatic N) is 4. The number of hydrogen-bond acceptors (Lipinski definition) is 7. The molecule has 4 heterocycles. The lowest BCUT2D eigenvalue weighted by Gasteiger charge is -2.02. The molecule has 0 aliphatic carbocycles. The van der Waals surface area contributed by atoms with E-state index in [1.807, 2.05) is 28.8 Å². The van der Waals surface area contributed by atoms with Gasteiger partial charge in [0.1, 0.15) is 6.10 Å². The summed E-state index contributed by atoms with van der Waals surface area (Å²) in [5.41, 5.74) is 0.985. The minimum atomic E-state index is -0.227. The van der Waals surface area contributed by atoms with Gasteiger partial charge in [0.25, 0.3) is 0 Å². The Balaban J connectivity index is 1.35. The molecule has 9 heteroatoms. The minimum Gasteiger partial charge on any atom is -0.405 e. The summed E-state index contributed by atoms with van der Waals surface area (Å²) in [7, 11) is 0. The van der Waals surface area contributed by atoms with E-state index in [2.05, 4.69) is 20.5 Å². The van der Waals surface area contributed by atoms with Gasteiger partial charge in [0.15, 0.2) is 5.16 Å². The summed E-state index contributed by atoms with van der Waals surface area (Å²) in [6.45, 7) is 0.698. The van der Waals surface area contributed by atoms with E-state index in [1.54, 1.807) is 6.20 Å². The number of amides is 1. The van der Waals surface area contributed by atoms with Crippen LogP contribution in [0.15, 0.2) is 40.2 Å². The van der Waals surface area contributed by atoms with Crippen LogP contribution in [-0.4, -0.2) is 37.8 Å². The Hall–Kier alpha value is -2.39. The zero-order valence-corrected chi connectivity index (χ0v) is 13.5. The Bertz CT molecular complexity index is 856. The molecule has 3 aromatic heterocycles. The molecule has 1 amide bonds. The molecule has 0 spiro atoms. The number of imidazole rings is 1. The first kappa shape index (κ1) is 15.2. The van der Waals surface area contributed by atoms with Crippen LogP contribution in [0, 0.1) is 0 Å². The lowest BCUT2D eigenvalue weighted by molar-refractivity contribution is -0.113. The summed E-state index contributed by atoms with van der Waals surface area (Å²) >= 11 is 1.34. The first-order chi connectivity index (χ1) is 11.8. The van der Waals surface area contributed by atoms with E-state index in [9.17, 15) is 4.79 Å². The smallest absolute Gasteiger partial charge is 0.322 e. The predicted octanol–water partition coefficient (Wildman–Crippen LogP) is 2.30. The van der Waals surface area contributed by atoms with Gasteiger partial charge in [0.05, 0.1) is 17.5 Å². The summed E-state index contributed by atoms with van der Waals surface area (Å²) in [6, 6.07) is 5.92. The van der Waals surface area contributed by atoms with Gasteiger partial charge in [0.2, 0.25) is 11.8 Å². The summed E-state index contributed by atoms with van der Waals surface area (Å²) in [5.74, 6) is 0.385. The topological polar surface area (TPSA) is 94.6 Å². The fourth-order valence-electron chi connectivity index (χ4n) is 2.50. The maximum absolute atomic E-state index is 12.0. The zero-order chi connectivity index (χ0) is 16.4. The van der Waals surface area contributed by atoms with Gasteiger partial charge in [0, 0.05) is 12.8 Å². The van der Waals surface area contributed by atoms with Crippen LogP contribution in [0.1, 0.15) is 24.8 Å². The van der Waals surface area contributed by atoms with Crippen LogP contribution in [0.5, 0.6) is 0 Å². The first-order valence-corrected chi connectivity index (χ1v) is 8.58. The van der Waals surface area contributed by atoms with Crippen LogP contribution >= 0.6 is 11.8 Å². The lowest BCUT2D eigenvalue weighted by atomic mass is 10.2. The van der Waals surface area contributed by atoms with Gasteiger partial charge >= 0.3 is 6.01 Å². The van der Waals surface area contributed by atoms with Crippen LogP contribution in [0.4, 0.5) is 6.01 Å². The molecular formula is C15H15N5O3S. The molecule has 1 aliphatic rings. The Labute approximate surface area is 141 Å². The monoisotopic (exact) mass is 345 g/mol. The number of anilines is 1. The largest absolute Gasteiger partial charge is 0.405 e. The van der Waals surface area contributed by atoms with Crippen LogP contribution in [0.25, 0.3) is 5.52 Å². The second kappa shape index (κ2) is 6.62. The number of rotatable bonds is 5. The third-order valence-electron chi connectivity index (χ3n) is 3.63. The molecule has 8 nitrogen and oxygen atoms in total. The highest BCUT2D eigenvalue weighted by molar-refractivity contribution is 7.99. The van der Waals surface area contributed by atoms with Crippen molar-refractivity contribution in [1.29, 1.82) is 0 Å². The Morgan fingerprint density at radius 1 is 1.42 bits per heavy atom. The van der Waals surface area contributed by atoms with Crippen LogP contribution in [0.3, 0.4) is 0 Å². The molecule has 0 saturated carbocycles. The molecule has 124 valence electrons. The summed E-state index contributed by atoms with van der Waals surface area (Å²) < 4.78 is 12.8. The van der Waals surface area contributed by atoms with E-state index in [0.717, 1.165) is 23.5 Å². The number of nitrogens with one attached hydrogen (secondary N) is 1. The molecule has 0 aromatic carbocycles. The normalized spacial score (nSPS) is 17.4. The quantitative estimate of drug-likeness (QED) is 0.709. The van der Waals surface area contributed by atoms with Crippen molar-refractivity contribution >= 4 is 29.2 Å². The predicted molar refractivity (Wildman–Crippen MR) is 86.8 cm³/mol. The van der Waals surface area contributed by atoms with Crippen molar-refractivity contribution in [2.45, 2.75) is 24.1 Å². The number of fused-ring (bicyclic) bond motifs is 1. The van der Waals surface area contributed by atoms with E-state index in [-0.39, 0.29) is 23.8 Å². The molecular weight excluding hydrogens is 330 g/mol. The van der Waals surface area contributed by atoms with Gasteiger partial charge in [-0.05, 0) is 25.0 Å². The van der Waals surface area contributed by atoms with E-state index in [0.29, 0.717) is 12.5 Å². The second-order valence-corrected chi connectivity index (χ2v) is 6.26. The molecule has 0 radical (unpaired) electrons. The summed E-state index contributed by atoms with van der Waals surface area (Å²) in [4.78, 5) is 16.4. The number of ether oxygens (including phenoxy) is 1. The van der Waals surface area contributed by atoms with E-state index in [1.165, 1.54) is 11.8 Å². The van der Waals surface area contributed by atoms with Crippen molar-refractivity contribution in [3.8, 4) is 0 Å². The summed E-state index contributed by atoms with van der Waals surface area (Å²) in [5, 5.41) is 11.1. The number of hydrogen-bond donors (Lipinski definition) is 1. The van der Waals surface area contributed by atoms with Gasteiger partial charge in [-0.25, -0.2) is 4.98 Å². The Kier molecular flexibility index (Phi) is 4.18. The van der Waals surface area contributed by atoms with Crippen molar-refractivity contribution in [2.75, 3.05) is 17.7 Å². The van der Waals surface area contributed by atoms with Gasteiger partial charge in [-0.15, -0.1) is 5.10 Å². The molecule has 0 unspecified atom stereocenters. The molecule has 0 bridgehead atoms. The third-order valence-corrected chi connectivity index (χ3v) is 4.60. The minimum absolute atomic E-state index is 0.0964. The molecule has 1 atom stereocenters. The van der Waals surface area contributed by atoms with E-state index >= 15 is 0 Å². The van der Waals surface area contributed by atoms with Crippen molar-refractivity contribution in [3.63, 3.8) is 0 Å². The number of pyridine rings is 1. The molecule has 24 heavy (non-hydrogen) atoms. The number of aromatic nitrogens is 4. The molecule has 3 aromatic rings. The standard InChI is InChI=1S/C15H15N5O3S/c21-12(9-24-15-16-8-10-4-1-2-6-20(10)15)17-14-19-18-13(23-14)11-5-3-7-22-11/h1-2,4,6,8,11H,3,5,7,9H2,(H,17,19,21)/t11-/m1/s1. The number of thioether (sulfide) groups is 1. The molecule has 1 fully saturated rings. The highest BCUT2D eigenvalue weighted by atomic mass is 32.2. The van der Waals surface area contributed by atoms with Gasteiger partial charge < -0.3 is 9.15 Å². The summed E-state index contributed by atoms with van der Waals surface area (Å²) in [6.07, 6.45) is 5.36. The van der Waals surface area contributed by atoms with Gasteiger partial charge in [-0.2, -0.15) is 0 Å². The first-order valence-electron chi connectivity index (χ1n) is 7.59. The van der Waals surface area contributed by atoms with Crippen LogP contribution in [-0.2, 0) is 9.53 Å². The highest BCUT2D eigenvalue weighted by Crippen LogP contribution is 2.28. The molecule has 1 saturated heterocycles. The van der Waals surface area contributed by atoms with Gasteiger partial charge in [-0.3, -0.25) is 14.5 Å². The van der Waals surface area contributed by atoms with Crippen LogP contribution < -0.4 is 5.32 Å². The Morgan fingerprint density at radius 2 is 2.38 bits per heavy atom. The number of carbonyl (C=O) groups is 1. The SMILES string of the molecule is O=C(CSc1ncc2ccccn12)Nc1nnc([C@H]2CCCO2)o1. The van der Waals surface area contributed by atoms with Crippen molar-refractivity contribution in [3.05, 3.63) is 36.5 Å². The fourth-order valence-corrected chi connectivity index (χ4v) is 3.26. The van der Waals surface area contributed by atoms with Crippen molar-refractivity contribution in [1.82, 2.24) is 19.6 Å². The third kappa shape index (κ3) is 3.13. The molecule has 1 aliphatic heterocycles. The average Bonchev–Trinajstić information content (AvgIpc) is 3.33. The van der Waals surface area contributed by atoms with Gasteiger partial charge in [-0.1, -0.05) is 22.9 Å². The maximum atomic E-state index is 12.0. The van der Waals surface area contributed by atoms with Crippen molar-refractivity contribution in [2.24, 2.45) is 0 Å². The van der Waals surface area contributed by atoms with Crippen molar-refractivity contribution < 1.29 is 13.9 Å². The van der Waals surface area contributed by atoms with Crippen LogP contribution in [0.2, 0.25) is 0 Å². The number of carbonyl (C=O) groups excluding carboxylic acids is 1. The van der Waals surface area contributed by atoms with E-state index < -0.39 is 0 Å². The molecule has 1 N–H and O–H groups in total.